The molecule has 136 valence electrons. The first-order chi connectivity index (χ1) is 13.9. The second-order valence-corrected chi connectivity index (χ2v) is 6.86. The average Bonchev–Trinajstić information content (AvgIpc) is 2.79. The molecule has 0 amide bonds. The zero-order valence-electron chi connectivity index (χ0n) is 15.4. The standard InChI is InChI=1S/C23H19N5/c1-2-6-20-16-28(12-9-17(20)5-1)22-13-21(18-7-3-10-24-14-18)26-23(27-22)19-8-4-11-25-15-19/h1-8,10-11,13-15H,9,12,16H2. The first kappa shape index (κ1) is 16.6. The summed E-state index contributed by atoms with van der Waals surface area (Å²) in [6.45, 7) is 1.79. The average molecular weight is 365 g/mol. The molecule has 5 rings (SSSR count). The van der Waals surface area contributed by atoms with Crippen molar-refractivity contribution in [3.63, 3.8) is 0 Å². The van der Waals surface area contributed by atoms with Crippen molar-refractivity contribution in [1.29, 1.82) is 0 Å². The fourth-order valence-corrected chi connectivity index (χ4v) is 3.57. The van der Waals surface area contributed by atoms with Crippen molar-refractivity contribution >= 4 is 5.82 Å². The first-order valence-electron chi connectivity index (χ1n) is 9.38. The Balaban J connectivity index is 1.59. The van der Waals surface area contributed by atoms with Crippen LogP contribution < -0.4 is 4.90 Å². The topological polar surface area (TPSA) is 54.8 Å². The lowest BCUT2D eigenvalue weighted by molar-refractivity contribution is 0.720. The zero-order valence-corrected chi connectivity index (χ0v) is 15.4. The van der Waals surface area contributed by atoms with Gasteiger partial charge in [0.05, 0.1) is 5.69 Å². The van der Waals surface area contributed by atoms with E-state index in [9.17, 15) is 0 Å². The summed E-state index contributed by atoms with van der Waals surface area (Å²) in [5.41, 5.74) is 5.54. The van der Waals surface area contributed by atoms with Crippen LogP contribution in [0.25, 0.3) is 22.6 Å². The van der Waals surface area contributed by atoms with E-state index in [1.165, 1.54) is 11.1 Å². The largest absolute Gasteiger partial charge is 0.352 e. The molecule has 1 aromatic carbocycles. The Bertz CT molecular complexity index is 1040. The molecule has 0 spiro atoms. The second-order valence-electron chi connectivity index (χ2n) is 6.86. The van der Waals surface area contributed by atoms with Crippen LogP contribution in [-0.2, 0) is 13.0 Å². The summed E-state index contributed by atoms with van der Waals surface area (Å²) >= 11 is 0. The molecule has 0 radical (unpaired) electrons. The van der Waals surface area contributed by atoms with Crippen molar-refractivity contribution < 1.29 is 0 Å². The van der Waals surface area contributed by atoms with Crippen molar-refractivity contribution in [3.05, 3.63) is 90.5 Å². The molecule has 5 nitrogen and oxygen atoms in total. The Hall–Kier alpha value is -3.60. The van der Waals surface area contributed by atoms with Crippen molar-refractivity contribution in [1.82, 2.24) is 19.9 Å². The Labute approximate surface area is 163 Å². The lowest BCUT2D eigenvalue weighted by atomic mass is 10.00. The molecule has 0 saturated carbocycles. The van der Waals surface area contributed by atoms with Crippen LogP contribution in [0, 0.1) is 0 Å². The number of aromatic nitrogens is 4. The maximum Gasteiger partial charge on any atom is 0.163 e. The van der Waals surface area contributed by atoms with Crippen molar-refractivity contribution in [2.24, 2.45) is 0 Å². The number of fused-ring (bicyclic) bond motifs is 1. The van der Waals surface area contributed by atoms with Crippen LogP contribution in [0.3, 0.4) is 0 Å². The number of benzene rings is 1. The number of nitrogens with zero attached hydrogens (tertiary/aromatic N) is 5. The Morgan fingerprint density at radius 1 is 0.750 bits per heavy atom. The van der Waals surface area contributed by atoms with E-state index >= 15 is 0 Å². The molecule has 4 aromatic rings. The number of anilines is 1. The van der Waals surface area contributed by atoms with E-state index in [4.69, 9.17) is 9.97 Å². The van der Waals surface area contributed by atoms with Crippen molar-refractivity contribution in [2.75, 3.05) is 11.4 Å². The molecule has 28 heavy (non-hydrogen) atoms. The van der Waals surface area contributed by atoms with Crippen molar-refractivity contribution in [3.8, 4) is 22.6 Å². The third kappa shape index (κ3) is 3.22. The molecule has 1 aliphatic rings. The summed E-state index contributed by atoms with van der Waals surface area (Å²) in [4.78, 5) is 20.5. The molecule has 0 saturated heterocycles. The van der Waals surface area contributed by atoms with Gasteiger partial charge in [0.25, 0.3) is 0 Å². The van der Waals surface area contributed by atoms with Gasteiger partial charge in [-0.15, -0.1) is 0 Å². The van der Waals surface area contributed by atoms with E-state index in [-0.39, 0.29) is 0 Å². The third-order valence-corrected chi connectivity index (χ3v) is 5.04. The molecule has 0 N–H and O–H groups in total. The zero-order chi connectivity index (χ0) is 18.8. The van der Waals surface area contributed by atoms with E-state index in [0.29, 0.717) is 5.82 Å². The highest BCUT2D eigenvalue weighted by Crippen LogP contribution is 2.28. The summed E-state index contributed by atoms with van der Waals surface area (Å²) in [6.07, 6.45) is 8.19. The van der Waals surface area contributed by atoms with E-state index in [0.717, 1.165) is 42.1 Å². The number of rotatable bonds is 3. The molecule has 0 fully saturated rings. The van der Waals surface area contributed by atoms with Crippen LogP contribution in [0.5, 0.6) is 0 Å². The molecular weight excluding hydrogens is 346 g/mol. The molecular formula is C23H19N5. The van der Waals surface area contributed by atoms with Gasteiger partial charge in [-0.1, -0.05) is 24.3 Å². The van der Waals surface area contributed by atoms with Gasteiger partial charge in [0, 0.05) is 55.1 Å². The van der Waals surface area contributed by atoms with Crippen molar-refractivity contribution in [2.45, 2.75) is 13.0 Å². The molecule has 0 atom stereocenters. The van der Waals surface area contributed by atoms with Gasteiger partial charge in [0.15, 0.2) is 5.82 Å². The van der Waals surface area contributed by atoms with Gasteiger partial charge >= 0.3 is 0 Å². The van der Waals surface area contributed by atoms with E-state index in [1.54, 1.807) is 18.6 Å². The minimum Gasteiger partial charge on any atom is -0.352 e. The summed E-state index contributed by atoms with van der Waals surface area (Å²) in [6, 6.07) is 18.5. The maximum atomic E-state index is 4.88. The van der Waals surface area contributed by atoms with Crippen LogP contribution in [0.4, 0.5) is 5.82 Å². The Kier molecular flexibility index (Phi) is 4.26. The fraction of sp³-hybridized carbons (Fsp3) is 0.130. The molecule has 0 unspecified atom stereocenters. The van der Waals surface area contributed by atoms with Crippen LogP contribution in [0.1, 0.15) is 11.1 Å². The van der Waals surface area contributed by atoms with Gasteiger partial charge in [0.1, 0.15) is 5.82 Å². The molecule has 4 heterocycles. The van der Waals surface area contributed by atoms with Gasteiger partial charge in [0.2, 0.25) is 0 Å². The summed E-state index contributed by atoms with van der Waals surface area (Å²) in [7, 11) is 0. The summed E-state index contributed by atoms with van der Waals surface area (Å²) in [5.74, 6) is 1.62. The van der Waals surface area contributed by atoms with Gasteiger partial charge in [-0.05, 0) is 41.8 Å². The van der Waals surface area contributed by atoms with Gasteiger partial charge in [-0.3, -0.25) is 9.97 Å². The predicted octanol–water partition coefficient (Wildman–Crippen LogP) is 4.16. The predicted molar refractivity (Wildman–Crippen MR) is 110 cm³/mol. The number of hydrogen-bond acceptors (Lipinski definition) is 5. The molecule has 5 heteroatoms. The fourth-order valence-electron chi connectivity index (χ4n) is 3.57. The number of pyridine rings is 2. The Morgan fingerprint density at radius 3 is 2.25 bits per heavy atom. The Morgan fingerprint density at radius 2 is 1.50 bits per heavy atom. The minimum absolute atomic E-state index is 0.684. The van der Waals surface area contributed by atoms with Gasteiger partial charge in [-0.25, -0.2) is 9.97 Å². The van der Waals surface area contributed by atoms with Crippen LogP contribution in [-0.4, -0.2) is 26.5 Å². The maximum absolute atomic E-state index is 4.88. The number of hydrogen-bond donors (Lipinski definition) is 0. The lowest BCUT2D eigenvalue weighted by Gasteiger charge is -2.30. The SMILES string of the molecule is c1cncc(-c2cc(N3CCc4ccccc4C3)nc(-c3cccnc3)n2)c1. The second kappa shape index (κ2) is 7.19. The third-order valence-electron chi connectivity index (χ3n) is 5.04. The minimum atomic E-state index is 0.684. The highest BCUT2D eigenvalue weighted by molar-refractivity contribution is 5.67. The van der Waals surface area contributed by atoms with E-state index in [1.807, 2.05) is 30.5 Å². The smallest absolute Gasteiger partial charge is 0.163 e. The summed E-state index contributed by atoms with van der Waals surface area (Å²) in [5, 5.41) is 0. The first-order valence-corrected chi connectivity index (χ1v) is 9.38. The van der Waals surface area contributed by atoms with E-state index in [2.05, 4.69) is 45.2 Å². The molecule has 0 aliphatic carbocycles. The van der Waals surface area contributed by atoms with Gasteiger partial charge < -0.3 is 4.90 Å². The van der Waals surface area contributed by atoms with Crippen LogP contribution in [0.2, 0.25) is 0 Å². The summed E-state index contributed by atoms with van der Waals surface area (Å²) < 4.78 is 0. The van der Waals surface area contributed by atoms with Gasteiger partial charge in [-0.2, -0.15) is 0 Å². The lowest BCUT2D eigenvalue weighted by Crippen LogP contribution is -2.31. The van der Waals surface area contributed by atoms with E-state index < -0.39 is 0 Å². The quantitative estimate of drug-likeness (QED) is 0.546. The molecule has 1 aliphatic heterocycles. The van der Waals surface area contributed by atoms with Crippen LogP contribution in [0.15, 0.2) is 79.4 Å². The monoisotopic (exact) mass is 365 g/mol. The molecule has 3 aromatic heterocycles. The normalized spacial score (nSPS) is 13.2. The highest BCUT2D eigenvalue weighted by Gasteiger charge is 2.19. The van der Waals surface area contributed by atoms with Crippen LogP contribution >= 0.6 is 0 Å². The molecule has 0 bridgehead atoms. The highest BCUT2D eigenvalue weighted by atomic mass is 15.2.